The zero-order valence-corrected chi connectivity index (χ0v) is 13.3. The van der Waals surface area contributed by atoms with Crippen molar-refractivity contribution >= 4 is 5.97 Å². The molecule has 0 atom stereocenters. The van der Waals surface area contributed by atoms with Crippen molar-refractivity contribution in [3.63, 3.8) is 0 Å². The Bertz CT molecular complexity index is 387. The summed E-state index contributed by atoms with van der Waals surface area (Å²) in [6.45, 7) is 2.25. The predicted octanol–water partition coefficient (Wildman–Crippen LogP) is 4.77. The Labute approximate surface area is 127 Å². The van der Waals surface area contributed by atoms with Gasteiger partial charge >= 0.3 is 5.97 Å². The number of aryl methyl sites for hydroxylation is 1. The van der Waals surface area contributed by atoms with E-state index >= 15 is 0 Å². The van der Waals surface area contributed by atoms with E-state index in [1.165, 1.54) is 57.8 Å². The van der Waals surface area contributed by atoms with Crippen molar-refractivity contribution in [1.82, 2.24) is 5.16 Å². The van der Waals surface area contributed by atoms with Gasteiger partial charge in [0.15, 0.2) is 0 Å². The molecule has 4 nitrogen and oxygen atoms in total. The van der Waals surface area contributed by atoms with E-state index in [4.69, 9.17) is 9.63 Å². The van der Waals surface area contributed by atoms with Crippen molar-refractivity contribution in [2.24, 2.45) is 0 Å². The number of carboxylic acid groups (broad SMARTS) is 1. The van der Waals surface area contributed by atoms with Crippen LogP contribution in [0.2, 0.25) is 0 Å². The zero-order chi connectivity index (χ0) is 15.3. The van der Waals surface area contributed by atoms with Gasteiger partial charge in [-0.25, -0.2) is 0 Å². The van der Waals surface area contributed by atoms with Crippen molar-refractivity contribution in [2.45, 2.75) is 84.0 Å². The second-order valence-corrected chi connectivity index (χ2v) is 5.79. The fourth-order valence-corrected chi connectivity index (χ4v) is 2.50. The number of aromatic nitrogens is 1. The summed E-state index contributed by atoms with van der Waals surface area (Å²) in [5.41, 5.74) is 0.880. The number of carboxylic acids is 1. The zero-order valence-electron chi connectivity index (χ0n) is 13.3. The summed E-state index contributed by atoms with van der Waals surface area (Å²) in [7, 11) is 0. The monoisotopic (exact) mass is 295 g/mol. The lowest BCUT2D eigenvalue weighted by Gasteiger charge is -2.01. The number of hydrogen-bond acceptors (Lipinski definition) is 3. The van der Waals surface area contributed by atoms with Gasteiger partial charge in [-0.3, -0.25) is 4.79 Å². The van der Waals surface area contributed by atoms with E-state index in [2.05, 4.69) is 12.1 Å². The normalized spacial score (nSPS) is 10.9. The van der Waals surface area contributed by atoms with Crippen LogP contribution in [0.3, 0.4) is 0 Å². The summed E-state index contributed by atoms with van der Waals surface area (Å²) in [4.78, 5) is 10.5. The van der Waals surface area contributed by atoms with Crippen LogP contribution in [-0.2, 0) is 17.6 Å². The van der Waals surface area contributed by atoms with E-state index in [9.17, 15) is 4.79 Å². The lowest BCUT2D eigenvalue weighted by Crippen LogP contribution is -1.98. The van der Waals surface area contributed by atoms with Gasteiger partial charge in [0.2, 0.25) is 0 Å². The van der Waals surface area contributed by atoms with Crippen LogP contribution in [0.5, 0.6) is 0 Å². The third kappa shape index (κ3) is 9.27. The molecule has 1 heterocycles. The van der Waals surface area contributed by atoms with E-state index in [0.29, 0.717) is 5.76 Å². The van der Waals surface area contributed by atoms with Crippen molar-refractivity contribution < 1.29 is 14.4 Å². The van der Waals surface area contributed by atoms with Gasteiger partial charge in [-0.1, -0.05) is 69.9 Å². The number of unbranched alkanes of at least 4 members (excludes halogenated alkanes) is 9. The van der Waals surface area contributed by atoms with Gasteiger partial charge in [0.25, 0.3) is 0 Å². The van der Waals surface area contributed by atoms with Gasteiger partial charge in [0.05, 0.1) is 5.69 Å². The number of rotatable bonds is 13. The Morgan fingerprint density at radius 1 is 1.05 bits per heavy atom. The van der Waals surface area contributed by atoms with Crippen LogP contribution >= 0.6 is 0 Å². The predicted molar refractivity (Wildman–Crippen MR) is 83.4 cm³/mol. The quantitative estimate of drug-likeness (QED) is 0.533. The van der Waals surface area contributed by atoms with Gasteiger partial charge in [-0.05, 0) is 12.8 Å². The molecule has 0 aliphatic rings. The first-order valence-electron chi connectivity index (χ1n) is 8.38. The average Bonchev–Trinajstić information content (AvgIpc) is 2.87. The van der Waals surface area contributed by atoms with Gasteiger partial charge in [-0.15, -0.1) is 0 Å². The van der Waals surface area contributed by atoms with Crippen LogP contribution in [0, 0.1) is 0 Å². The van der Waals surface area contributed by atoms with E-state index in [1.54, 1.807) is 6.07 Å². The smallest absolute Gasteiger partial charge is 0.311 e. The van der Waals surface area contributed by atoms with Crippen LogP contribution in [0.25, 0.3) is 0 Å². The molecule has 0 fully saturated rings. The highest BCUT2D eigenvalue weighted by atomic mass is 16.5. The van der Waals surface area contributed by atoms with Crippen LogP contribution in [0.4, 0.5) is 0 Å². The highest BCUT2D eigenvalue weighted by Gasteiger charge is 2.07. The molecule has 1 rings (SSSR count). The number of hydrogen-bond donors (Lipinski definition) is 1. The molecule has 0 amide bonds. The highest BCUT2D eigenvalue weighted by Crippen LogP contribution is 2.13. The Morgan fingerprint density at radius 3 is 2.19 bits per heavy atom. The lowest BCUT2D eigenvalue weighted by molar-refractivity contribution is -0.136. The maximum atomic E-state index is 10.5. The molecule has 0 radical (unpaired) electrons. The summed E-state index contributed by atoms with van der Waals surface area (Å²) in [5, 5.41) is 12.6. The molecule has 0 aromatic carbocycles. The minimum Gasteiger partial charge on any atom is -0.481 e. The minimum absolute atomic E-state index is 0.0783. The molecule has 0 aliphatic heterocycles. The molecule has 0 unspecified atom stereocenters. The molecular formula is C17H29NO3. The van der Waals surface area contributed by atoms with Crippen molar-refractivity contribution in [1.29, 1.82) is 0 Å². The molecule has 0 spiro atoms. The first-order valence-corrected chi connectivity index (χ1v) is 8.38. The maximum Gasteiger partial charge on any atom is 0.311 e. The van der Waals surface area contributed by atoms with Crippen LogP contribution in [0.15, 0.2) is 10.6 Å². The summed E-state index contributed by atoms with van der Waals surface area (Å²) in [5.74, 6) is -0.429. The SMILES string of the molecule is CCCCCCCCCCCCc1cc(CC(=O)O)on1. The van der Waals surface area contributed by atoms with E-state index < -0.39 is 5.97 Å². The molecule has 4 heteroatoms. The first-order chi connectivity index (χ1) is 10.2. The van der Waals surface area contributed by atoms with Crippen LogP contribution in [0.1, 0.15) is 82.6 Å². The Kier molecular flexibility index (Phi) is 9.58. The molecular weight excluding hydrogens is 266 g/mol. The third-order valence-corrected chi connectivity index (χ3v) is 3.72. The van der Waals surface area contributed by atoms with E-state index in [-0.39, 0.29) is 6.42 Å². The van der Waals surface area contributed by atoms with Gasteiger partial charge < -0.3 is 9.63 Å². The van der Waals surface area contributed by atoms with Gasteiger partial charge in [0.1, 0.15) is 12.2 Å². The highest BCUT2D eigenvalue weighted by molar-refractivity contribution is 5.69. The lowest BCUT2D eigenvalue weighted by atomic mass is 10.1. The van der Waals surface area contributed by atoms with Crippen molar-refractivity contribution in [3.05, 3.63) is 17.5 Å². The molecule has 1 aromatic rings. The summed E-state index contributed by atoms with van der Waals surface area (Å²) in [6.07, 6.45) is 14.0. The average molecular weight is 295 g/mol. The summed E-state index contributed by atoms with van der Waals surface area (Å²) < 4.78 is 4.99. The third-order valence-electron chi connectivity index (χ3n) is 3.72. The molecule has 0 aliphatic carbocycles. The molecule has 0 bridgehead atoms. The van der Waals surface area contributed by atoms with E-state index in [1.807, 2.05) is 0 Å². The van der Waals surface area contributed by atoms with Gasteiger partial charge in [-0.2, -0.15) is 0 Å². The number of carbonyl (C=O) groups is 1. The Balaban J connectivity index is 1.94. The largest absolute Gasteiger partial charge is 0.481 e. The standard InChI is InChI=1S/C17H29NO3/c1-2-3-4-5-6-7-8-9-10-11-12-15-13-16(21-18-15)14-17(19)20/h13H,2-12,14H2,1H3,(H,19,20). The molecule has 1 aromatic heterocycles. The summed E-state index contributed by atoms with van der Waals surface area (Å²) >= 11 is 0. The maximum absolute atomic E-state index is 10.5. The van der Waals surface area contributed by atoms with E-state index in [0.717, 1.165) is 18.5 Å². The molecule has 0 saturated heterocycles. The molecule has 21 heavy (non-hydrogen) atoms. The fraction of sp³-hybridized carbons (Fsp3) is 0.765. The fourth-order valence-electron chi connectivity index (χ4n) is 2.50. The second-order valence-electron chi connectivity index (χ2n) is 5.79. The Morgan fingerprint density at radius 2 is 1.62 bits per heavy atom. The molecule has 0 saturated carbocycles. The summed E-state index contributed by atoms with van der Waals surface area (Å²) in [6, 6.07) is 1.77. The van der Waals surface area contributed by atoms with Crippen molar-refractivity contribution in [2.75, 3.05) is 0 Å². The number of nitrogens with zero attached hydrogens (tertiary/aromatic N) is 1. The topological polar surface area (TPSA) is 63.3 Å². The van der Waals surface area contributed by atoms with Crippen LogP contribution in [-0.4, -0.2) is 16.2 Å². The first kappa shape index (κ1) is 17.7. The van der Waals surface area contributed by atoms with Crippen LogP contribution < -0.4 is 0 Å². The minimum atomic E-state index is -0.878. The second kappa shape index (κ2) is 11.4. The van der Waals surface area contributed by atoms with Gasteiger partial charge in [0, 0.05) is 6.07 Å². The Hall–Kier alpha value is -1.32. The number of aliphatic carboxylic acids is 1. The molecule has 120 valence electrons. The van der Waals surface area contributed by atoms with Crippen molar-refractivity contribution in [3.8, 4) is 0 Å². The molecule has 1 N–H and O–H groups in total.